The fourth-order valence-electron chi connectivity index (χ4n) is 4.54. The summed E-state index contributed by atoms with van der Waals surface area (Å²) in [6, 6.07) is 22.4. The second kappa shape index (κ2) is 9.48. The third-order valence-electron chi connectivity index (χ3n) is 6.26. The van der Waals surface area contributed by atoms with E-state index in [4.69, 9.17) is 5.73 Å². The topological polar surface area (TPSA) is 63.4 Å². The summed E-state index contributed by atoms with van der Waals surface area (Å²) in [5.41, 5.74) is 8.65. The predicted octanol–water partition coefficient (Wildman–Crippen LogP) is 4.68. The fourth-order valence-corrected chi connectivity index (χ4v) is 5.33. The molecule has 0 spiro atoms. The Morgan fingerprint density at radius 3 is 2.52 bits per heavy atom. The summed E-state index contributed by atoms with van der Waals surface area (Å²) in [7, 11) is 0. The van der Waals surface area contributed by atoms with Gasteiger partial charge in [-0.1, -0.05) is 60.7 Å². The lowest BCUT2D eigenvalue weighted by Gasteiger charge is -2.41. The Morgan fingerprint density at radius 2 is 1.77 bits per heavy atom. The summed E-state index contributed by atoms with van der Waals surface area (Å²) >= 11 is 1.69. The smallest absolute Gasteiger partial charge is 0.225 e. The minimum absolute atomic E-state index is 0.0979. The van der Waals surface area contributed by atoms with Gasteiger partial charge in [0.1, 0.15) is 0 Å². The molecule has 160 valence electrons. The quantitative estimate of drug-likeness (QED) is 0.589. The van der Waals surface area contributed by atoms with Crippen molar-refractivity contribution in [3.63, 3.8) is 0 Å². The van der Waals surface area contributed by atoms with Gasteiger partial charge in [0.15, 0.2) is 0 Å². The molecule has 1 aromatic heterocycles. The van der Waals surface area contributed by atoms with Crippen LogP contribution in [0.25, 0.3) is 10.4 Å². The zero-order valence-electron chi connectivity index (χ0n) is 17.6. The molecule has 0 saturated carbocycles. The van der Waals surface area contributed by atoms with E-state index in [1.807, 2.05) is 53.4 Å². The summed E-state index contributed by atoms with van der Waals surface area (Å²) in [5.74, 6) is -0.213. The van der Waals surface area contributed by atoms with Gasteiger partial charge in [0.25, 0.3) is 0 Å². The van der Waals surface area contributed by atoms with Crippen LogP contribution < -0.4 is 5.73 Å². The van der Waals surface area contributed by atoms with E-state index in [9.17, 15) is 9.59 Å². The highest BCUT2D eigenvalue weighted by Gasteiger charge is 2.42. The molecular formula is C26H28N2O2S. The van der Waals surface area contributed by atoms with Gasteiger partial charge in [0.05, 0.1) is 5.41 Å². The molecule has 0 radical (unpaired) electrons. The van der Waals surface area contributed by atoms with Crippen LogP contribution in [0.2, 0.25) is 0 Å². The van der Waals surface area contributed by atoms with E-state index in [0.29, 0.717) is 38.8 Å². The molecule has 2 amide bonds. The Hall–Kier alpha value is -2.92. The lowest BCUT2D eigenvalue weighted by atomic mass is 9.73. The van der Waals surface area contributed by atoms with Crippen LogP contribution in [-0.4, -0.2) is 29.8 Å². The van der Waals surface area contributed by atoms with Gasteiger partial charge in [-0.05, 0) is 53.8 Å². The van der Waals surface area contributed by atoms with E-state index in [1.165, 1.54) is 4.88 Å². The number of primary amides is 1. The first-order valence-corrected chi connectivity index (χ1v) is 11.7. The first kappa shape index (κ1) is 21.3. The number of nitrogens with two attached hydrogens (primary N) is 1. The second-order valence-electron chi connectivity index (χ2n) is 8.36. The number of carbonyl (C=O) groups excluding carboxylic acids is 2. The summed E-state index contributed by atoms with van der Waals surface area (Å²) < 4.78 is 0. The fraction of sp³-hybridized carbons (Fsp3) is 0.308. The first-order valence-electron chi connectivity index (χ1n) is 10.8. The molecule has 1 saturated heterocycles. The zero-order valence-corrected chi connectivity index (χ0v) is 18.4. The maximum atomic E-state index is 13.0. The number of likely N-dealkylation sites (tertiary alicyclic amines) is 1. The monoisotopic (exact) mass is 432 g/mol. The minimum Gasteiger partial charge on any atom is -0.369 e. The van der Waals surface area contributed by atoms with Crippen LogP contribution in [0.3, 0.4) is 0 Å². The molecular weight excluding hydrogens is 404 g/mol. The van der Waals surface area contributed by atoms with Crippen molar-refractivity contribution in [3.8, 4) is 10.4 Å². The van der Waals surface area contributed by atoms with Crippen LogP contribution in [0, 0.1) is 5.41 Å². The molecule has 2 heterocycles. The summed E-state index contributed by atoms with van der Waals surface area (Å²) in [6.07, 6.45) is 3.22. The normalized spacial score (nSPS) is 18.6. The summed E-state index contributed by atoms with van der Waals surface area (Å²) in [6.45, 7) is 1.09. The number of amides is 2. The highest BCUT2D eigenvalue weighted by molar-refractivity contribution is 7.13. The van der Waals surface area contributed by atoms with E-state index in [0.717, 1.165) is 23.1 Å². The van der Waals surface area contributed by atoms with E-state index in [2.05, 4.69) is 23.6 Å². The number of benzene rings is 2. The van der Waals surface area contributed by atoms with Crippen molar-refractivity contribution in [1.82, 2.24) is 4.90 Å². The van der Waals surface area contributed by atoms with Crippen molar-refractivity contribution >= 4 is 23.2 Å². The first-order chi connectivity index (χ1) is 15.1. The molecule has 0 unspecified atom stereocenters. The van der Waals surface area contributed by atoms with Crippen LogP contribution in [0.4, 0.5) is 0 Å². The molecule has 2 aromatic carbocycles. The van der Waals surface area contributed by atoms with Gasteiger partial charge >= 0.3 is 0 Å². The van der Waals surface area contributed by atoms with Crippen molar-refractivity contribution in [2.24, 2.45) is 11.1 Å². The standard InChI is InChI=1S/C26H28N2O2S/c27-25(30)26(18-21-10-4-5-11-22(21)23-12-6-17-31-23)15-7-16-28(19-26)24(29)14-13-20-8-2-1-3-9-20/h1-6,8-12,17H,7,13-16,18-19H2,(H2,27,30)/t26-/m1/s1. The highest BCUT2D eigenvalue weighted by atomic mass is 32.1. The average Bonchev–Trinajstić information content (AvgIpc) is 3.33. The third kappa shape index (κ3) is 4.88. The molecule has 1 aliphatic rings. The molecule has 4 rings (SSSR count). The zero-order chi connectivity index (χ0) is 21.7. The average molecular weight is 433 g/mol. The molecule has 2 N–H and O–H groups in total. The summed E-state index contributed by atoms with van der Waals surface area (Å²) in [4.78, 5) is 28.7. The maximum Gasteiger partial charge on any atom is 0.225 e. The van der Waals surface area contributed by atoms with Gasteiger partial charge in [-0.25, -0.2) is 0 Å². The molecule has 3 aromatic rings. The van der Waals surface area contributed by atoms with Crippen LogP contribution in [0.5, 0.6) is 0 Å². The number of piperidine rings is 1. The molecule has 1 atom stereocenters. The molecule has 4 nitrogen and oxygen atoms in total. The van der Waals surface area contributed by atoms with E-state index >= 15 is 0 Å². The van der Waals surface area contributed by atoms with Gasteiger partial charge in [-0.2, -0.15) is 0 Å². The number of hydrogen-bond donors (Lipinski definition) is 1. The van der Waals surface area contributed by atoms with Crippen LogP contribution in [-0.2, 0) is 22.4 Å². The highest BCUT2D eigenvalue weighted by Crippen LogP contribution is 2.37. The van der Waals surface area contributed by atoms with Crippen LogP contribution >= 0.6 is 11.3 Å². The number of carbonyl (C=O) groups is 2. The number of rotatable bonds is 7. The Bertz CT molecular complexity index is 1030. The number of nitrogens with zero attached hydrogens (tertiary/aromatic N) is 1. The van der Waals surface area contributed by atoms with Gasteiger partial charge in [-0.15, -0.1) is 11.3 Å². The van der Waals surface area contributed by atoms with Crippen LogP contribution in [0.1, 0.15) is 30.4 Å². The largest absolute Gasteiger partial charge is 0.369 e. The lowest BCUT2D eigenvalue weighted by Crippen LogP contribution is -2.53. The summed E-state index contributed by atoms with van der Waals surface area (Å²) in [5, 5.41) is 2.06. The van der Waals surface area contributed by atoms with Gasteiger partial charge in [0, 0.05) is 24.4 Å². The molecule has 31 heavy (non-hydrogen) atoms. The van der Waals surface area contributed by atoms with E-state index in [1.54, 1.807) is 11.3 Å². The van der Waals surface area contributed by atoms with Crippen molar-refractivity contribution in [1.29, 1.82) is 0 Å². The Labute approximate surface area is 187 Å². The van der Waals surface area contributed by atoms with Gasteiger partial charge in [0.2, 0.25) is 11.8 Å². The second-order valence-corrected chi connectivity index (χ2v) is 9.31. The lowest BCUT2D eigenvalue weighted by molar-refractivity contribution is -0.139. The molecule has 1 fully saturated rings. The van der Waals surface area contributed by atoms with Gasteiger partial charge < -0.3 is 10.6 Å². The SMILES string of the molecule is NC(=O)[C@@]1(Cc2ccccc2-c2cccs2)CCCN(C(=O)CCc2ccccc2)C1. The van der Waals surface area contributed by atoms with Crippen molar-refractivity contribution in [3.05, 3.63) is 83.2 Å². The maximum absolute atomic E-state index is 13.0. The Morgan fingerprint density at radius 1 is 1.00 bits per heavy atom. The molecule has 0 aliphatic carbocycles. The molecule has 0 bridgehead atoms. The van der Waals surface area contributed by atoms with Crippen molar-refractivity contribution in [2.45, 2.75) is 32.1 Å². The predicted molar refractivity (Wildman–Crippen MR) is 126 cm³/mol. The molecule has 1 aliphatic heterocycles. The third-order valence-corrected chi connectivity index (χ3v) is 7.16. The van der Waals surface area contributed by atoms with E-state index in [-0.39, 0.29) is 11.8 Å². The van der Waals surface area contributed by atoms with E-state index < -0.39 is 5.41 Å². The Kier molecular flexibility index (Phi) is 6.52. The Balaban J connectivity index is 1.52. The minimum atomic E-state index is -0.728. The van der Waals surface area contributed by atoms with Crippen LogP contribution in [0.15, 0.2) is 72.1 Å². The number of aryl methyl sites for hydroxylation is 1. The van der Waals surface area contributed by atoms with Gasteiger partial charge in [-0.3, -0.25) is 9.59 Å². The van der Waals surface area contributed by atoms with Crippen molar-refractivity contribution in [2.75, 3.05) is 13.1 Å². The molecule has 5 heteroatoms. The number of hydrogen-bond acceptors (Lipinski definition) is 3. The number of thiophene rings is 1. The van der Waals surface area contributed by atoms with Crippen molar-refractivity contribution < 1.29 is 9.59 Å².